The third-order valence-corrected chi connectivity index (χ3v) is 10.2. The summed E-state index contributed by atoms with van der Waals surface area (Å²) < 4.78 is 38.6. The zero-order chi connectivity index (χ0) is 34.2. The number of hydrogen-bond acceptors (Lipinski definition) is 10. The van der Waals surface area contributed by atoms with Gasteiger partial charge in [0, 0.05) is 30.8 Å². The topological polar surface area (TPSA) is 191 Å². The van der Waals surface area contributed by atoms with Crippen LogP contribution in [0, 0.1) is 10.1 Å². The summed E-state index contributed by atoms with van der Waals surface area (Å²) in [4.78, 5) is 40.5. The summed E-state index contributed by atoms with van der Waals surface area (Å²) in [6, 6.07) is 17.5. The number of hydrogen-bond donors (Lipinski definition) is 1. The van der Waals surface area contributed by atoms with Crippen LogP contribution in [0.5, 0.6) is 11.5 Å². The molecule has 0 unspecified atom stereocenters. The highest BCUT2D eigenvalue weighted by Gasteiger charge is 2.52. The number of aromatic nitrogens is 3. The summed E-state index contributed by atoms with van der Waals surface area (Å²) in [5.41, 5.74) is 1.54. The van der Waals surface area contributed by atoms with Crippen molar-refractivity contribution in [1.29, 1.82) is 0 Å². The van der Waals surface area contributed by atoms with Gasteiger partial charge in [0.2, 0.25) is 5.91 Å². The van der Waals surface area contributed by atoms with Gasteiger partial charge in [-0.05, 0) is 23.8 Å². The molecule has 2 amide bonds. The lowest BCUT2D eigenvalue weighted by molar-refractivity contribution is -0.387. The first-order valence-electron chi connectivity index (χ1n) is 14.7. The van der Waals surface area contributed by atoms with E-state index in [-0.39, 0.29) is 32.7 Å². The molecule has 17 heteroatoms. The number of β-lactam (4-membered cyclic amide) rings is 1. The Morgan fingerprint density at radius 1 is 1.02 bits per heavy atom. The largest absolute Gasteiger partial charge is 0.497 e. The van der Waals surface area contributed by atoms with E-state index in [1.807, 2.05) is 6.07 Å². The predicted octanol–water partition coefficient (Wildman–Crippen LogP) is 2.87. The van der Waals surface area contributed by atoms with Crippen LogP contribution in [0.15, 0.2) is 77.7 Å². The van der Waals surface area contributed by atoms with Gasteiger partial charge >= 0.3 is 6.09 Å². The molecule has 48 heavy (non-hydrogen) atoms. The third kappa shape index (κ3) is 6.00. The lowest BCUT2D eigenvalue weighted by Gasteiger charge is -2.50. The number of carboxylic acid groups (broad SMARTS) is 1. The zero-order valence-corrected chi connectivity index (χ0v) is 26.7. The van der Waals surface area contributed by atoms with Crippen molar-refractivity contribution in [3.05, 3.63) is 105 Å². The van der Waals surface area contributed by atoms with Crippen molar-refractivity contribution in [2.75, 3.05) is 14.2 Å². The molecule has 0 bridgehead atoms. The molecule has 6 rings (SSSR count). The lowest BCUT2D eigenvalue weighted by Crippen LogP contribution is -2.71. The maximum Gasteiger partial charge on any atom is 0.408 e. The number of likely N-dealkylation sites (tertiary alicyclic amines) is 1. The van der Waals surface area contributed by atoms with E-state index in [2.05, 4.69) is 10.2 Å². The van der Waals surface area contributed by atoms with Gasteiger partial charge in [0.05, 0.1) is 44.8 Å². The van der Waals surface area contributed by atoms with Gasteiger partial charge in [-0.2, -0.15) is 19.3 Å². The monoisotopic (exact) mass is 677 g/mol. The minimum Gasteiger partial charge on any atom is -0.497 e. The molecule has 0 saturated carbocycles. The van der Waals surface area contributed by atoms with Crippen LogP contribution < -0.4 is 9.47 Å². The van der Waals surface area contributed by atoms with Crippen LogP contribution in [0.4, 0.5) is 10.5 Å². The number of nitro benzene ring substituents is 1. The molecule has 2 atom stereocenters. The Kier molecular flexibility index (Phi) is 8.72. The number of sulfonamides is 1. The van der Waals surface area contributed by atoms with Crippen molar-refractivity contribution in [1.82, 2.24) is 29.1 Å². The van der Waals surface area contributed by atoms with Gasteiger partial charge in [-0.15, -0.1) is 0 Å². The van der Waals surface area contributed by atoms with E-state index in [1.54, 1.807) is 42.5 Å². The average Bonchev–Trinajstić information content (AvgIpc) is 3.67. The Morgan fingerprint density at radius 3 is 2.31 bits per heavy atom. The third-order valence-electron chi connectivity index (χ3n) is 8.40. The van der Waals surface area contributed by atoms with Crippen molar-refractivity contribution in [3.8, 4) is 11.5 Å². The van der Waals surface area contributed by atoms with Crippen LogP contribution >= 0.6 is 0 Å². The second-order valence-corrected chi connectivity index (χ2v) is 13.1. The number of benzene rings is 3. The summed E-state index contributed by atoms with van der Waals surface area (Å²) in [5.74, 6) is 0.644. The Labute approximate surface area is 274 Å². The highest BCUT2D eigenvalue weighted by Crippen LogP contribution is 2.35. The summed E-state index contributed by atoms with van der Waals surface area (Å²) in [7, 11) is -1.23. The fraction of sp³-hybridized carbons (Fsp3) is 0.290. The standard InChI is InChI=1S/C31H31N7O9S/c1-46-22-13-12-21(27(14-22)47-2)16-35-26(29(30(35)39)36(31(40)41)15-20-8-4-3-5-9-20)19-37-32-23-17-34(18-24(23)33-37)48(44,45)28-11-7-6-10-25(28)38(42)43/h3-14,26,29H,15-19H2,1-2H3,(H,40,41)/t26-,29+/m1/s1. The number of carbonyl (C=O) groups is 2. The maximum absolute atomic E-state index is 13.7. The number of nitrogens with zero attached hydrogens (tertiary/aromatic N) is 7. The SMILES string of the molecule is COc1ccc(CN2C(=O)[C@@H](N(Cc3ccccc3)C(=O)O)[C@H]2Cn2nc3c(n2)CN(S(=O)(=O)c2ccccc2[N+](=O)[O-])C3)c(OC)c1. The quantitative estimate of drug-likeness (QED) is 0.132. The molecule has 0 radical (unpaired) electrons. The van der Waals surface area contributed by atoms with Crippen molar-refractivity contribution < 1.29 is 37.5 Å². The molecule has 2 aliphatic heterocycles. The Balaban J connectivity index is 1.27. The Morgan fingerprint density at radius 2 is 1.69 bits per heavy atom. The summed E-state index contributed by atoms with van der Waals surface area (Å²) in [6.07, 6.45) is -1.27. The van der Waals surface area contributed by atoms with Gasteiger partial charge in [0.15, 0.2) is 4.90 Å². The second-order valence-electron chi connectivity index (χ2n) is 11.2. The highest BCUT2D eigenvalue weighted by atomic mass is 32.2. The molecule has 16 nitrogen and oxygen atoms in total. The minimum atomic E-state index is -4.25. The van der Waals surface area contributed by atoms with E-state index in [0.717, 1.165) is 15.3 Å². The van der Waals surface area contributed by atoms with Gasteiger partial charge in [-0.3, -0.25) is 19.8 Å². The van der Waals surface area contributed by atoms with E-state index in [0.29, 0.717) is 34.0 Å². The highest BCUT2D eigenvalue weighted by molar-refractivity contribution is 7.89. The van der Waals surface area contributed by atoms with E-state index in [1.165, 1.54) is 42.1 Å². The smallest absolute Gasteiger partial charge is 0.408 e. The summed E-state index contributed by atoms with van der Waals surface area (Å²) in [5, 5.41) is 30.7. The Bertz CT molecular complexity index is 1960. The van der Waals surface area contributed by atoms with Gasteiger partial charge in [-0.25, -0.2) is 13.2 Å². The Hall–Kier alpha value is -5.55. The molecule has 1 saturated heterocycles. The second kappa shape index (κ2) is 12.9. The zero-order valence-electron chi connectivity index (χ0n) is 25.9. The van der Waals surface area contributed by atoms with E-state index in [4.69, 9.17) is 9.47 Å². The first-order chi connectivity index (χ1) is 23.0. The molecule has 0 aliphatic carbocycles. The molecule has 0 spiro atoms. The van der Waals surface area contributed by atoms with E-state index in [9.17, 15) is 33.2 Å². The number of rotatable bonds is 12. The molecule has 250 valence electrons. The maximum atomic E-state index is 13.7. The van der Waals surface area contributed by atoms with Crippen molar-refractivity contribution in [2.24, 2.45) is 0 Å². The number of ether oxygens (including phenoxy) is 2. The normalized spacial score (nSPS) is 17.5. The molecule has 4 aromatic rings. The van der Waals surface area contributed by atoms with E-state index < -0.39 is 49.6 Å². The van der Waals surface area contributed by atoms with Crippen molar-refractivity contribution in [2.45, 2.75) is 49.7 Å². The molecule has 2 aliphatic rings. The predicted molar refractivity (Wildman–Crippen MR) is 167 cm³/mol. The molecular weight excluding hydrogens is 646 g/mol. The van der Waals surface area contributed by atoms with E-state index >= 15 is 0 Å². The molecular formula is C31H31N7O9S. The molecule has 1 aromatic heterocycles. The lowest BCUT2D eigenvalue weighted by atomic mass is 9.91. The van der Waals surface area contributed by atoms with Crippen LogP contribution in [0.1, 0.15) is 22.5 Å². The number of nitro groups is 1. The molecule has 1 fully saturated rings. The van der Waals surface area contributed by atoms with Crippen LogP contribution in [-0.4, -0.2) is 85.9 Å². The van der Waals surface area contributed by atoms with Crippen molar-refractivity contribution in [3.63, 3.8) is 0 Å². The fourth-order valence-electron chi connectivity index (χ4n) is 5.99. The van der Waals surface area contributed by atoms with Crippen LogP contribution in [0.25, 0.3) is 0 Å². The first-order valence-corrected chi connectivity index (χ1v) is 16.2. The number of fused-ring (bicyclic) bond motifs is 1. The number of para-hydroxylation sites is 1. The average molecular weight is 678 g/mol. The van der Waals surface area contributed by atoms with Crippen molar-refractivity contribution >= 4 is 27.7 Å². The van der Waals surface area contributed by atoms with Gasteiger partial charge in [-0.1, -0.05) is 42.5 Å². The number of methoxy groups -OCH3 is 2. The number of carbonyl (C=O) groups excluding carboxylic acids is 1. The summed E-state index contributed by atoms with van der Waals surface area (Å²) in [6.45, 7) is -0.242. The molecule has 3 heterocycles. The number of amides is 2. The summed E-state index contributed by atoms with van der Waals surface area (Å²) >= 11 is 0. The molecule has 1 N–H and O–H groups in total. The fourth-order valence-corrected chi connectivity index (χ4v) is 7.51. The van der Waals surface area contributed by atoms with Gasteiger partial charge in [0.1, 0.15) is 28.9 Å². The van der Waals surface area contributed by atoms with Gasteiger partial charge < -0.3 is 19.5 Å². The van der Waals surface area contributed by atoms with Crippen LogP contribution in [-0.2, 0) is 47.5 Å². The van der Waals surface area contributed by atoms with Crippen LogP contribution in [0.2, 0.25) is 0 Å². The minimum absolute atomic E-state index is 0.0113. The molecule has 3 aromatic carbocycles. The van der Waals surface area contributed by atoms with Crippen LogP contribution in [0.3, 0.4) is 0 Å². The van der Waals surface area contributed by atoms with Gasteiger partial charge in [0.25, 0.3) is 15.7 Å². The first kappa shape index (κ1) is 32.4.